The van der Waals surface area contributed by atoms with Gasteiger partial charge in [-0.05, 0) is 31.4 Å². The largest absolute Gasteiger partial charge is 0.343 e. The highest BCUT2D eigenvalue weighted by Gasteiger charge is 2.20. The molecule has 6 heteroatoms. The summed E-state index contributed by atoms with van der Waals surface area (Å²) in [6.07, 6.45) is 2.13. The van der Waals surface area contributed by atoms with Crippen LogP contribution in [-0.2, 0) is 0 Å². The Kier molecular flexibility index (Phi) is 4.49. The van der Waals surface area contributed by atoms with E-state index in [0.717, 1.165) is 31.5 Å². The van der Waals surface area contributed by atoms with Crippen LogP contribution in [0.3, 0.4) is 0 Å². The number of amides is 2. The molecule has 1 heterocycles. The topological polar surface area (TPSA) is 59.4 Å². The van der Waals surface area contributed by atoms with Crippen LogP contribution in [0.15, 0.2) is 18.2 Å². The molecule has 1 aromatic carbocycles. The van der Waals surface area contributed by atoms with Gasteiger partial charge in [-0.25, -0.2) is 4.79 Å². The standard InChI is InChI=1S/C14H19ClN4O/c1-10-6-5-7-11(15)12(10)18(2)14(20)17-13(16)19-8-3-4-9-19/h5-7H,3-4,8-9H2,1-2H3,(H2,16,17,20). The fourth-order valence-electron chi connectivity index (χ4n) is 2.35. The van der Waals surface area contributed by atoms with Crippen molar-refractivity contribution in [3.8, 4) is 0 Å². The number of para-hydroxylation sites is 1. The van der Waals surface area contributed by atoms with Gasteiger partial charge in [-0.2, -0.15) is 0 Å². The van der Waals surface area contributed by atoms with E-state index < -0.39 is 0 Å². The van der Waals surface area contributed by atoms with E-state index in [1.54, 1.807) is 13.1 Å². The Morgan fingerprint density at radius 3 is 2.65 bits per heavy atom. The first-order chi connectivity index (χ1) is 9.50. The fraction of sp³-hybridized carbons (Fsp3) is 0.429. The molecule has 0 atom stereocenters. The van der Waals surface area contributed by atoms with E-state index >= 15 is 0 Å². The lowest BCUT2D eigenvalue weighted by atomic mass is 10.2. The Morgan fingerprint density at radius 1 is 1.40 bits per heavy atom. The Morgan fingerprint density at radius 2 is 2.05 bits per heavy atom. The average molecular weight is 295 g/mol. The summed E-state index contributed by atoms with van der Waals surface area (Å²) >= 11 is 6.15. The molecule has 0 unspecified atom stereocenters. The van der Waals surface area contributed by atoms with Gasteiger partial charge in [-0.3, -0.25) is 15.6 Å². The van der Waals surface area contributed by atoms with Crippen LogP contribution in [0.2, 0.25) is 5.02 Å². The zero-order valence-electron chi connectivity index (χ0n) is 11.7. The molecule has 1 aliphatic rings. The second kappa shape index (κ2) is 6.13. The second-order valence-corrected chi connectivity index (χ2v) is 5.34. The number of hydrogen-bond donors (Lipinski definition) is 2. The predicted octanol–water partition coefficient (Wildman–Crippen LogP) is 2.82. The van der Waals surface area contributed by atoms with Crippen LogP contribution in [0.1, 0.15) is 18.4 Å². The predicted molar refractivity (Wildman–Crippen MR) is 81.7 cm³/mol. The lowest BCUT2D eigenvalue weighted by Gasteiger charge is -2.24. The van der Waals surface area contributed by atoms with Gasteiger partial charge in [0.25, 0.3) is 0 Å². The molecular formula is C14H19ClN4O. The molecule has 108 valence electrons. The Balaban J connectivity index is 2.07. The van der Waals surface area contributed by atoms with E-state index in [4.69, 9.17) is 17.0 Å². The smallest absolute Gasteiger partial charge is 0.328 e. The van der Waals surface area contributed by atoms with Crippen LogP contribution in [-0.4, -0.2) is 37.0 Å². The molecule has 0 spiro atoms. The summed E-state index contributed by atoms with van der Waals surface area (Å²) in [4.78, 5) is 15.5. The quantitative estimate of drug-likeness (QED) is 0.618. The van der Waals surface area contributed by atoms with Crippen LogP contribution in [0, 0.1) is 12.3 Å². The highest BCUT2D eigenvalue weighted by atomic mass is 35.5. The summed E-state index contributed by atoms with van der Waals surface area (Å²) in [6.45, 7) is 3.55. The number of benzene rings is 1. The van der Waals surface area contributed by atoms with Crippen molar-refractivity contribution in [2.75, 3.05) is 25.0 Å². The van der Waals surface area contributed by atoms with Crippen molar-refractivity contribution in [2.24, 2.45) is 0 Å². The number of nitrogens with one attached hydrogen (secondary N) is 2. The minimum absolute atomic E-state index is 0.157. The van der Waals surface area contributed by atoms with Crippen molar-refractivity contribution >= 4 is 29.3 Å². The van der Waals surface area contributed by atoms with E-state index in [0.29, 0.717) is 10.7 Å². The van der Waals surface area contributed by atoms with E-state index in [1.807, 2.05) is 24.0 Å². The molecule has 2 amide bonds. The lowest BCUT2D eigenvalue weighted by Crippen LogP contribution is -2.47. The van der Waals surface area contributed by atoms with Crippen molar-refractivity contribution in [3.63, 3.8) is 0 Å². The van der Waals surface area contributed by atoms with E-state index in [2.05, 4.69) is 5.32 Å². The molecule has 0 radical (unpaired) electrons. The third-order valence-electron chi connectivity index (χ3n) is 3.48. The molecule has 2 N–H and O–H groups in total. The molecule has 1 saturated heterocycles. The zero-order chi connectivity index (χ0) is 14.7. The van der Waals surface area contributed by atoms with Gasteiger partial charge in [0, 0.05) is 20.1 Å². The van der Waals surface area contributed by atoms with Crippen LogP contribution in [0.4, 0.5) is 10.5 Å². The first kappa shape index (κ1) is 14.7. The number of aryl methyl sites for hydroxylation is 1. The third-order valence-corrected chi connectivity index (χ3v) is 3.78. The molecule has 1 fully saturated rings. The lowest BCUT2D eigenvalue weighted by molar-refractivity contribution is 0.250. The SMILES string of the molecule is Cc1cccc(Cl)c1N(C)C(=O)NC(=N)N1CCCC1. The van der Waals surface area contributed by atoms with Crippen molar-refractivity contribution in [3.05, 3.63) is 28.8 Å². The first-order valence-corrected chi connectivity index (χ1v) is 7.02. The third kappa shape index (κ3) is 3.04. The number of rotatable bonds is 1. The zero-order valence-corrected chi connectivity index (χ0v) is 12.5. The highest BCUT2D eigenvalue weighted by Crippen LogP contribution is 2.28. The Bertz CT molecular complexity index is 506. The van der Waals surface area contributed by atoms with Crippen molar-refractivity contribution in [2.45, 2.75) is 19.8 Å². The van der Waals surface area contributed by atoms with Gasteiger partial charge in [0.2, 0.25) is 0 Å². The monoisotopic (exact) mass is 294 g/mol. The minimum Gasteiger partial charge on any atom is -0.343 e. The highest BCUT2D eigenvalue weighted by molar-refractivity contribution is 6.34. The summed E-state index contributed by atoms with van der Waals surface area (Å²) < 4.78 is 0. The molecule has 0 aromatic heterocycles. The van der Waals surface area contributed by atoms with Crippen molar-refractivity contribution in [1.82, 2.24) is 10.2 Å². The van der Waals surface area contributed by atoms with E-state index in [-0.39, 0.29) is 12.0 Å². The molecule has 0 bridgehead atoms. The van der Waals surface area contributed by atoms with Crippen LogP contribution in [0.25, 0.3) is 0 Å². The maximum absolute atomic E-state index is 12.2. The number of likely N-dealkylation sites (tertiary alicyclic amines) is 1. The summed E-state index contributed by atoms with van der Waals surface area (Å²) in [5, 5.41) is 11.0. The Hall–Kier alpha value is -1.75. The molecule has 0 saturated carbocycles. The van der Waals surface area contributed by atoms with Crippen LogP contribution < -0.4 is 10.2 Å². The molecule has 1 aromatic rings. The molecule has 2 rings (SSSR count). The second-order valence-electron chi connectivity index (χ2n) is 4.94. The number of halogens is 1. The van der Waals surface area contributed by atoms with Crippen molar-refractivity contribution in [1.29, 1.82) is 5.41 Å². The molecule has 20 heavy (non-hydrogen) atoms. The number of hydrogen-bond acceptors (Lipinski definition) is 2. The van der Waals surface area contributed by atoms with Gasteiger partial charge in [-0.15, -0.1) is 0 Å². The number of guanidine groups is 1. The summed E-state index contributed by atoms with van der Waals surface area (Å²) in [7, 11) is 1.65. The average Bonchev–Trinajstić information content (AvgIpc) is 2.92. The number of nitrogens with zero attached hydrogens (tertiary/aromatic N) is 2. The summed E-state index contributed by atoms with van der Waals surface area (Å²) in [6, 6.07) is 5.15. The molecule has 1 aliphatic heterocycles. The normalized spacial score (nSPS) is 14.2. The van der Waals surface area contributed by atoms with Crippen LogP contribution >= 0.6 is 11.6 Å². The Labute approximate surface area is 124 Å². The van der Waals surface area contributed by atoms with Gasteiger partial charge in [0.15, 0.2) is 5.96 Å². The maximum Gasteiger partial charge on any atom is 0.328 e. The molecular weight excluding hydrogens is 276 g/mol. The molecule has 5 nitrogen and oxygen atoms in total. The summed E-state index contributed by atoms with van der Waals surface area (Å²) in [5.74, 6) is 0.157. The molecule has 0 aliphatic carbocycles. The first-order valence-electron chi connectivity index (χ1n) is 6.64. The van der Waals surface area contributed by atoms with E-state index in [9.17, 15) is 4.79 Å². The van der Waals surface area contributed by atoms with Gasteiger partial charge < -0.3 is 4.90 Å². The summed E-state index contributed by atoms with van der Waals surface area (Å²) in [5.41, 5.74) is 1.59. The van der Waals surface area contributed by atoms with Crippen molar-refractivity contribution < 1.29 is 4.79 Å². The van der Waals surface area contributed by atoms with Gasteiger partial charge in [-0.1, -0.05) is 23.7 Å². The van der Waals surface area contributed by atoms with Gasteiger partial charge in [0.05, 0.1) is 10.7 Å². The van der Waals surface area contributed by atoms with Gasteiger partial charge >= 0.3 is 6.03 Å². The number of carbonyl (C=O) groups excluding carboxylic acids is 1. The number of carbonyl (C=O) groups is 1. The number of anilines is 1. The maximum atomic E-state index is 12.2. The van der Waals surface area contributed by atoms with Crippen LogP contribution in [0.5, 0.6) is 0 Å². The van der Waals surface area contributed by atoms with E-state index in [1.165, 1.54) is 4.90 Å². The minimum atomic E-state index is -0.349. The number of urea groups is 1. The van der Waals surface area contributed by atoms with Gasteiger partial charge in [0.1, 0.15) is 0 Å². The fourth-order valence-corrected chi connectivity index (χ4v) is 2.70.